The van der Waals surface area contributed by atoms with E-state index in [-0.39, 0.29) is 29.5 Å². The number of fused-ring (bicyclic) bond motifs is 1. The van der Waals surface area contributed by atoms with Gasteiger partial charge in [0.2, 0.25) is 5.91 Å². The minimum absolute atomic E-state index is 0.0854. The number of nitrogens with one attached hydrogen (secondary N) is 3. The van der Waals surface area contributed by atoms with Crippen molar-refractivity contribution in [1.29, 1.82) is 5.26 Å². The quantitative estimate of drug-likeness (QED) is 0.537. The molecule has 6 atom stereocenters. The molecule has 12 heteroatoms. The van der Waals surface area contributed by atoms with Crippen LogP contribution in [0.15, 0.2) is 24.3 Å². The average molecular weight is 522 g/mol. The Morgan fingerprint density at radius 1 is 1.14 bits per heavy atom. The highest BCUT2D eigenvalue weighted by Gasteiger charge is 2.51. The van der Waals surface area contributed by atoms with E-state index in [4.69, 9.17) is 4.74 Å². The van der Waals surface area contributed by atoms with Crippen LogP contribution in [-0.2, 0) is 9.53 Å². The molecule has 9 nitrogen and oxygen atoms in total. The number of likely N-dealkylation sites (N-methyl/N-ethyl adjacent to an activating group) is 1. The van der Waals surface area contributed by atoms with Crippen LogP contribution in [0, 0.1) is 23.2 Å². The van der Waals surface area contributed by atoms with E-state index in [2.05, 4.69) is 22.1 Å². The fourth-order valence-corrected chi connectivity index (χ4v) is 6.08. The average Bonchev–Trinajstić information content (AvgIpc) is 3.25. The fraction of sp³-hybridized carbons (Fsp3) is 0.680. The number of nitrogens with zero attached hydrogens (tertiary/aromatic N) is 4. The first kappa shape index (κ1) is 26.2. The lowest BCUT2D eigenvalue weighted by Gasteiger charge is -2.39. The number of carbonyl (C=O) groups excluding carboxylic acids is 1. The van der Waals surface area contributed by atoms with Crippen molar-refractivity contribution < 1.29 is 22.7 Å². The molecule has 0 saturated carbocycles. The molecule has 4 saturated heterocycles. The monoisotopic (exact) mass is 521 g/mol. The normalized spacial score (nSPS) is 32.8. The highest BCUT2D eigenvalue weighted by molar-refractivity contribution is 5.82. The van der Waals surface area contributed by atoms with Crippen LogP contribution in [0.4, 0.5) is 18.9 Å². The SMILES string of the molecule is CN1CCN(C(c2ccc(NC3NN([C@H]4COCC[C@@H]4C#N)C4CCNC(=O)C34)cc2)C(F)(F)F)CC1. The Hall–Kier alpha value is -2.43. The van der Waals surface area contributed by atoms with E-state index in [1.807, 2.05) is 17.0 Å². The molecule has 1 aromatic rings. The summed E-state index contributed by atoms with van der Waals surface area (Å²) in [5, 5.41) is 17.9. The topological polar surface area (TPSA) is 95.9 Å². The molecule has 3 N–H and O–H groups in total. The number of halogens is 3. The fourth-order valence-electron chi connectivity index (χ4n) is 6.08. The van der Waals surface area contributed by atoms with Crippen molar-refractivity contribution in [3.8, 4) is 6.07 Å². The molecule has 0 aliphatic carbocycles. The van der Waals surface area contributed by atoms with Gasteiger partial charge in [0.1, 0.15) is 12.2 Å². The Morgan fingerprint density at radius 2 is 1.86 bits per heavy atom. The third-order valence-electron chi connectivity index (χ3n) is 8.07. The first-order chi connectivity index (χ1) is 17.8. The number of piperidine rings is 1. The van der Waals surface area contributed by atoms with Gasteiger partial charge < -0.3 is 20.3 Å². The lowest BCUT2D eigenvalue weighted by atomic mass is 9.88. The van der Waals surface area contributed by atoms with Crippen LogP contribution >= 0.6 is 0 Å². The molecule has 4 aliphatic rings. The van der Waals surface area contributed by atoms with Crippen LogP contribution in [0.3, 0.4) is 0 Å². The first-order valence-electron chi connectivity index (χ1n) is 12.9. The van der Waals surface area contributed by atoms with E-state index < -0.39 is 24.3 Å². The number of hydrazine groups is 1. The summed E-state index contributed by atoms with van der Waals surface area (Å²) >= 11 is 0. The Labute approximate surface area is 214 Å². The van der Waals surface area contributed by atoms with Gasteiger partial charge in [-0.25, -0.2) is 10.4 Å². The molecule has 4 aliphatic heterocycles. The van der Waals surface area contributed by atoms with Crippen molar-refractivity contribution in [1.82, 2.24) is 25.6 Å². The van der Waals surface area contributed by atoms with Gasteiger partial charge in [-0.15, -0.1) is 0 Å². The summed E-state index contributed by atoms with van der Waals surface area (Å²) in [4.78, 5) is 16.4. The van der Waals surface area contributed by atoms with E-state index in [0.717, 1.165) is 6.42 Å². The standard InChI is InChI=1S/C25H34F3N7O2/c1-33-9-11-34(12-10-33)22(25(26,27)28)16-2-4-18(5-3-16)31-23-21-19(6-8-30-24(21)36)35(32-23)20-15-37-13-7-17(20)14-29/h2-5,17,19-23,31-32H,6-13,15H2,1H3,(H,30,36)/t17-,19?,20+,21?,22?,23?/m1/s1. The predicted octanol–water partition coefficient (Wildman–Crippen LogP) is 1.53. The maximum atomic E-state index is 14.1. The third-order valence-corrected chi connectivity index (χ3v) is 8.07. The van der Waals surface area contributed by atoms with Gasteiger partial charge in [0.25, 0.3) is 0 Å². The number of anilines is 1. The first-order valence-corrected chi connectivity index (χ1v) is 12.9. The van der Waals surface area contributed by atoms with Crippen LogP contribution in [-0.4, -0.2) is 98.1 Å². The van der Waals surface area contributed by atoms with Gasteiger partial charge in [-0.05, 0) is 37.6 Å². The number of carbonyl (C=O) groups is 1. The zero-order chi connectivity index (χ0) is 26.2. The number of piperazine rings is 1. The zero-order valence-electron chi connectivity index (χ0n) is 20.9. The number of hydrogen-bond donors (Lipinski definition) is 3. The molecule has 1 aromatic carbocycles. The molecule has 1 amide bonds. The van der Waals surface area contributed by atoms with Gasteiger partial charge >= 0.3 is 6.18 Å². The Bertz CT molecular complexity index is 993. The van der Waals surface area contributed by atoms with Crippen LogP contribution < -0.4 is 16.1 Å². The molecule has 0 radical (unpaired) electrons. The smallest absolute Gasteiger partial charge is 0.380 e. The summed E-state index contributed by atoms with van der Waals surface area (Å²) in [7, 11) is 1.91. The number of nitriles is 1. The summed E-state index contributed by atoms with van der Waals surface area (Å²) < 4.78 is 47.8. The van der Waals surface area contributed by atoms with Gasteiger partial charge in [-0.2, -0.15) is 18.4 Å². The molecule has 0 spiro atoms. The second-order valence-corrected chi connectivity index (χ2v) is 10.4. The van der Waals surface area contributed by atoms with Crippen LogP contribution in [0.25, 0.3) is 0 Å². The van der Waals surface area contributed by atoms with Gasteiger partial charge in [0.05, 0.1) is 30.6 Å². The Kier molecular flexibility index (Phi) is 7.60. The number of rotatable bonds is 5. The summed E-state index contributed by atoms with van der Waals surface area (Å²) in [5.74, 6) is -0.709. The van der Waals surface area contributed by atoms with Gasteiger partial charge in [0, 0.05) is 51.1 Å². The highest BCUT2D eigenvalue weighted by atomic mass is 19.4. The minimum atomic E-state index is -4.38. The van der Waals surface area contributed by atoms with Crippen molar-refractivity contribution in [3.05, 3.63) is 29.8 Å². The minimum Gasteiger partial charge on any atom is -0.380 e. The van der Waals surface area contributed by atoms with Crippen LogP contribution in [0.1, 0.15) is 24.4 Å². The molecule has 4 fully saturated rings. The van der Waals surface area contributed by atoms with Gasteiger partial charge in [-0.1, -0.05) is 12.1 Å². The van der Waals surface area contributed by atoms with Crippen molar-refractivity contribution in [2.45, 2.75) is 43.3 Å². The highest BCUT2D eigenvalue weighted by Crippen LogP contribution is 2.39. The zero-order valence-corrected chi connectivity index (χ0v) is 20.9. The number of ether oxygens (including phenoxy) is 1. The molecule has 202 valence electrons. The maximum absolute atomic E-state index is 14.1. The lowest BCUT2D eigenvalue weighted by molar-refractivity contribution is -0.190. The summed E-state index contributed by atoms with van der Waals surface area (Å²) in [6.45, 7) is 3.40. The molecule has 0 aromatic heterocycles. The second-order valence-electron chi connectivity index (χ2n) is 10.4. The van der Waals surface area contributed by atoms with Gasteiger partial charge in [0.15, 0.2) is 0 Å². The Morgan fingerprint density at radius 3 is 2.54 bits per heavy atom. The lowest BCUT2D eigenvalue weighted by Crippen LogP contribution is -2.56. The molecule has 4 heterocycles. The molecular formula is C25H34F3N7O2. The molecule has 4 unspecified atom stereocenters. The summed E-state index contributed by atoms with van der Waals surface area (Å²) in [5.41, 5.74) is 4.22. The second kappa shape index (κ2) is 10.7. The van der Waals surface area contributed by atoms with Crippen LogP contribution in [0.2, 0.25) is 0 Å². The molecule has 5 rings (SSSR count). The predicted molar refractivity (Wildman–Crippen MR) is 130 cm³/mol. The van der Waals surface area contributed by atoms with Crippen molar-refractivity contribution in [2.24, 2.45) is 11.8 Å². The van der Waals surface area contributed by atoms with Crippen molar-refractivity contribution in [2.75, 3.05) is 58.3 Å². The maximum Gasteiger partial charge on any atom is 0.408 e. The van der Waals surface area contributed by atoms with Crippen molar-refractivity contribution in [3.63, 3.8) is 0 Å². The number of benzene rings is 1. The van der Waals surface area contributed by atoms with E-state index >= 15 is 0 Å². The van der Waals surface area contributed by atoms with E-state index in [9.17, 15) is 23.2 Å². The largest absolute Gasteiger partial charge is 0.408 e. The van der Waals surface area contributed by atoms with E-state index in [1.54, 1.807) is 12.1 Å². The summed E-state index contributed by atoms with van der Waals surface area (Å²) in [6.07, 6.45) is -3.48. The number of amides is 1. The molecular weight excluding hydrogens is 487 g/mol. The van der Waals surface area contributed by atoms with Crippen LogP contribution in [0.5, 0.6) is 0 Å². The summed E-state index contributed by atoms with van der Waals surface area (Å²) in [6, 6.07) is 6.76. The molecule has 37 heavy (non-hydrogen) atoms. The molecule has 0 bridgehead atoms. The van der Waals surface area contributed by atoms with E-state index in [0.29, 0.717) is 58.0 Å². The third kappa shape index (κ3) is 5.42. The number of hydrogen-bond acceptors (Lipinski definition) is 8. The van der Waals surface area contributed by atoms with Crippen molar-refractivity contribution >= 4 is 11.6 Å². The van der Waals surface area contributed by atoms with Gasteiger partial charge in [-0.3, -0.25) is 9.69 Å². The number of alkyl halides is 3. The van der Waals surface area contributed by atoms with E-state index in [1.165, 1.54) is 17.0 Å². The Balaban J connectivity index is 1.33.